The predicted octanol–water partition coefficient (Wildman–Crippen LogP) is 3.53. The average molecular weight is 415 g/mol. The summed E-state index contributed by atoms with van der Waals surface area (Å²) in [5.74, 6) is -0.247. The zero-order valence-corrected chi connectivity index (χ0v) is 16.4. The van der Waals surface area contributed by atoms with E-state index < -0.39 is 21.7 Å². The molecule has 2 aromatic rings. The minimum Gasteiger partial charge on any atom is -0.494 e. The van der Waals surface area contributed by atoms with E-state index >= 15 is 0 Å². The third kappa shape index (κ3) is 6.20. The summed E-state index contributed by atoms with van der Waals surface area (Å²) in [5, 5.41) is -0.336. The molecule has 0 aliphatic rings. The topological polar surface area (TPSA) is 84.5 Å². The van der Waals surface area contributed by atoms with E-state index in [1.165, 1.54) is 12.1 Å². The van der Waals surface area contributed by atoms with Crippen LogP contribution in [0.3, 0.4) is 0 Å². The fourth-order valence-corrected chi connectivity index (χ4v) is 3.11. The summed E-state index contributed by atoms with van der Waals surface area (Å²) in [7, 11) is -4.09. The number of sulfonamides is 1. The van der Waals surface area contributed by atoms with Gasteiger partial charge in [-0.2, -0.15) is 0 Å². The number of rotatable bonds is 8. The molecule has 2 N–H and O–H groups in total. The number of benzene rings is 2. The van der Waals surface area contributed by atoms with Crippen molar-refractivity contribution in [3.8, 4) is 5.75 Å². The molecule has 0 spiro atoms. The van der Waals surface area contributed by atoms with E-state index in [0.717, 1.165) is 24.6 Å². The molecule has 2 rings (SSSR count). The molecule has 9 heteroatoms. The van der Waals surface area contributed by atoms with E-state index in [9.17, 15) is 17.6 Å². The van der Waals surface area contributed by atoms with Crippen molar-refractivity contribution in [3.05, 3.63) is 58.9 Å². The molecule has 0 bridgehead atoms. The van der Waals surface area contributed by atoms with Gasteiger partial charge >= 0.3 is 0 Å². The maximum Gasteiger partial charge on any atom is 0.266 e. The Balaban J connectivity index is 1.95. The smallest absolute Gasteiger partial charge is 0.266 e. The number of amides is 1. The lowest BCUT2D eigenvalue weighted by molar-refractivity contribution is 0.0945. The highest BCUT2D eigenvalue weighted by Crippen LogP contribution is 2.19. The molecule has 1 amide bonds. The van der Waals surface area contributed by atoms with Gasteiger partial charge in [0.25, 0.3) is 15.9 Å². The molecule has 0 saturated carbocycles. The molecule has 0 saturated heterocycles. The first-order valence-electron chi connectivity index (χ1n) is 8.19. The van der Waals surface area contributed by atoms with Gasteiger partial charge < -0.3 is 4.74 Å². The molecule has 0 aromatic heterocycles. The second-order valence-corrected chi connectivity index (χ2v) is 8.28. The highest BCUT2D eigenvalue weighted by Gasteiger charge is 2.17. The standard InChI is InChI=1S/C18H20ClFN2O4S/c1-12(2)9-10-26-14-5-3-13(4-6-14)18(23)21-22-27(24,25)15-7-8-17(20)16(19)11-15/h3-8,11-12,22H,9-10H2,1-2H3,(H,21,23). The molecular formula is C18H20ClFN2O4S. The Morgan fingerprint density at radius 2 is 1.85 bits per heavy atom. The fourth-order valence-electron chi connectivity index (χ4n) is 2.00. The molecule has 6 nitrogen and oxygen atoms in total. The van der Waals surface area contributed by atoms with E-state index in [1.807, 2.05) is 4.83 Å². The van der Waals surface area contributed by atoms with Crippen LogP contribution in [-0.4, -0.2) is 20.9 Å². The van der Waals surface area contributed by atoms with E-state index in [0.29, 0.717) is 18.3 Å². The van der Waals surface area contributed by atoms with Crippen LogP contribution in [0.2, 0.25) is 5.02 Å². The lowest BCUT2D eigenvalue weighted by Crippen LogP contribution is -2.41. The number of hydrogen-bond donors (Lipinski definition) is 2. The molecule has 0 unspecified atom stereocenters. The van der Waals surface area contributed by atoms with Gasteiger partial charge in [-0.1, -0.05) is 25.4 Å². The molecular weight excluding hydrogens is 395 g/mol. The van der Waals surface area contributed by atoms with Gasteiger partial charge in [0.05, 0.1) is 16.5 Å². The Morgan fingerprint density at radius 3 is 2.44 bits per heavy atom. The number of hydrazine groups is 1. The number of carbonyl (C=O) groups is 1. The first-order chi connectivity index (χ1) is 12.7. The number of hydrogen-bond acceptors (Lipinski definition) is 4. The molecule has 27 heavy (non-hydrogen) atoms. The van der Waals surface area contributed by atoms with Crippen molar-refractivity contribution in [2.45, 2.75) is 25.2 Å². The summed E-state index contributed by atoms with van der Waals surface area (Å²) in [5.41, 5.74) is 2.34. The monoisotopic (exact) mass is 414 g/mol. The van der Waals surface area contributed by atoms with Crippen LogP contribution in [0.4, 0.5) is 4.39 Å². The third-order valence-electron chi connectivity index (χ3n) is 3.58. The molecule has 0 aliphatic carbocycles. The van der Waals surface area contributed by atoms with E-state index in [4.69, 9.17) is 16.3 Å². The first-order valence-corrected chi connectivity index (χ1v) is 10.0. The van der Waals surface area contributed by atoms with Crippen LogP contribution in [0.5, 0.6) is 5.75 Å². The largest absolute Gasteiger partial charge is 0.494 e. The van der Waals surface area contributed by atoms with Crippen molar-refractivity contribution in [2.24, 2.45) is 5.92 Å². The van der Waals surface area contributed by atoms with Gasteiger partial charge in [0.15, 0.2) is 0 Å². The van der Waals surface area contributed by atoms with Gasteiger partial charge in [-0.3, -0.25) is 10.2 Å². The van der Waals surface area contributed by atoms with E-state index in [2.05, 4.69) is 19.3 Å². The molecule has 0 radical (unpaired) electrons. The zero-order chi connectivity index (χ0) is 20.0. The quantitative estimate of drug-likeness (QED) is 0.647. The SMILES string of the molecule is CC(C)CCOc1ccc(C(=O)NNS(=O)(=O)c2ccc(F)c(Cl)c2)cc1. The zero-order valence-electron chi connectivity index (χ0n) is 14.8. The Hall–Kier alpha value is -2.16. The number of halogens is 2. The van der Waals surface area contributed by atoms with Crippen molar-refractivity contribution in [1.82, 2.24) is 10.3 Å². The summed E-state index contributed by atoms with van der Waals surface area (Å²) in [6.07, 6.45) is 0.914. The van der Waals surface area contributed by atoms with Crippen LogP contribution >= 0.6 is 11.6 Å². The van der Waals surface area contributed by atoms with Crippen molar-refractivity contribution in [3.63, 3.8) is 0 Å². The number of carbonyl (C=O) groups excluding carboxylic acids is 1. The Kier molecular flexibility index (Phi) is 7.18. The van der Waals surface area contributed by atoms with Gasteiger partial charge in [-0.05, 0) is 54.8 Å². The third-order valence-corrected chi connectivity index (χ3v) is 5.12. The minimum absolute atomic E-state index is 0.242. The fraction of sp³-hybridized carbons (Fsp3) is 0.278. The number of nitrogens with one attached hydrogen (secondary N) is 2. The Morgan fingerprint density at radius 1 is 1.19 bits per heavy atom. The van der Waals surface area contributed by atoms with Gasteiger partial charge in [0.1, 0.15) is 11.6 Å². The van der Waals surface area contributed by atoms with Gasteiger partial charge in [0, 0.05) is 5.56 Å². The van der Waals surface area contributed by atoms with Gasteiger partial charge in [0.2, 0.25) is 0 Å². The maximum absolute atomic E-state index is 13.1. The summed E-state index contributed by atoms with van der Waals surface area (Å²) < 4.78 is 43.0. The summed E-state index contributed by atoms with van der Waals surface area (Å²) >= 11 is 5.58. The molecule has 0 atom stereocenters. The van der Waals surface area contributed by atoms with Crippen molar-refractivity contribution in [2.75, 3.05) is 6.61 Å². The summed E-state index contributed by atoms with van der Waals surface area (Å²) in [6, 6.07) is 9.21. The highest BCUT2D eigenvalue weighted by atomic mass is 35.5. The van der Waals surface area contributed by atoms with Crippen LogP contribution < -0.4 is 15.0 Å². The van der Waals surface area contributed by atoms with Crippen LogP contribution in [0.15, 0.2) is 47.4 Å². The Labute approximate surface area is 162 Å². The highest BCUT2D eigenvalue weighted by molar-refractivity contribution is 7.89. The normalized spacial score (nSPS) is 11.4. The van der Waals surface area contributed by atoms with E-state index in [-0.39, 0.29) is 15.5 Å². The lowest BCUT2D eigenvalue weighted by atomic mass is 10.1. The van der Waals surface area contributed by atoms with Crippen LogP contribution in [0.25, 0.3) is 0 Å². The average Bonchev–Trinajstić information content (AvgIpc) is 2.62. The van der Waals surface area contributed by atoms with Gasteiger partial charge in [-0.15, -0.1) is 4.83 Å². The van der Waals surface area contributed by atoms with Crippen LogP contribution in [0, 0.1) is 11.7 Å². The van der Waals surface area contributed by atoms with Crippen molar-refractivity contribution in [1.29, 1.82) is 0 Å². The second-order valence-electron chi connectivity index (χ2n) is 6.19. The van der Waals surface area contributed by atoms with Crippen LogP contribution in [-0.2, 0) is 10.0 Å². The first kappa shape index (κ1) is 21.1. The molecule has 146 valence electrons. The lowest BCUT2D eigenvalue weighted by Gasteiger charge is -2.10. The maximum atomic E-state index is 13.1. The van der Waals surface area contributed by atoms with Crippen molar-refractivity contribution < 1.29 is 22.3 Å². The minimum atomic E-state index is -4.09. The number of ether oxygens (including phenoxy) is 1. The molecule has 2 aromatic carbocycles. The summed E-state index contributed by atoms with van der Waals surface area (Å²) in [6.45, 7) is 4.76. The summed E-state index contributed by atoms with van der Waals surface area (Å²) in [4.78, 5) is 13.8. The van der Waals surface area contributed by atoms with Crippen molar-refractivity contribution >= 4 is 27.5 Å². The predicted molar refractivity (Wildman–Crippen MR) is 101 cm³/mol. The molecule has 0 heterocycles. The van der Waals surface area contributed by atoms with Crippen LogP contribution in [0.1, 0.15) is 30.6 Å². The molecule has 0 fully saturated rings. The van der Waals surface area contributed by atoms with E-state index in [1.54, 1.807) is 12.1 Å². The molecule has 0 aliphatic heterocycles. The van der Waals surface area contributed by atoms with Gasteiger partial charge in [-0.25, -0.2) is 12.8 Å². The Bertz CT molecular complexity index is 902. The second kappa shape index (κ2) is 9.16.